The Morgan fingerprint density at radius 3 is 3.09 bits per heavy atom. The molecule has 1 aliphatic heterocycles. The predicted octanol–water partition coefficient (Wildman–Crippen LogP) is 2.21. The van der Waals surface area contributed by atoms with Crippen molar-refractivity contribution in [1.82, 2.24) is 14.8 Å². The number of carbonyl (C=O) groups excluding carboxylic acids is 1. The van der Waals surface area contributed by atoms with Crippen molar-refractivity contribution in [2.24, 2.45) is 0 Å². The number of nitrogens with zero attached hydrogens (tertiary/aromatic N) is 4. The molecule has 1 aliphatic carbocycles. The van der Waals surface area contributed by atoms with Crippen LogP contribution in [0.5, 0.6) is 5.88 Å². The zero-order chi connectivity index (χ0) is 15.1. The lowest BCUT2D eigenvalue weighted by molar-refractivity contribution is 0.0970. The lowest BCUT2D eigenvalue weighted by atomic mass is 10.2. The Labute approximate surface area is 128 Å². The maximum atomic E-state index is 12.9. The zero-order valence-corrected chi connectivity index (χ0v) is 12.5. The lowest BCUT2D eigenvalue weighted by Crippen LogP contribution is -2.38. The normalized spacial score (nSPS) is 17.0. The Balaban J connectivity index is 1.68. The van der Waals surface area contributed by atoms with Gasteiger partial charge in [0.25, 0.3) is 5.91 Å². The van der Waals surface area contributed by atoms with Crippen molar-refractivity contribution in [3.63, 3.8) is 0 Å². The van der Waals surface area contributed by atoms with Crippen LogP contribution < -0.4 is 9.64 Å². The molecule has 0 radical (unpaired) electrons. The first kappa shape index (κ1) is 13.3. The van der Waals surface area contributed by atoms with Gasteiger partial charge in [-0.3, -0.25) is 14.4 Å². The van der Waals surface area contributed by atoms with Crippen LogP contribution in [0.15, 0.2) is 24.4 Å². The molecule has 0 N–H and O–H groups in total. The van der Waals surface area contributed by atoms with E-state index in [1.165, 1.54) is 18.5 Å². The fourth-order valence-corrected chi connectivity index (χ4v) is 2.90. The second-order valence-corrected chi connectivity index (χ2v) is 5.68. The summed E-state index contributed by atoms with van der Waals surface area (Å²) in [6.45, 7) is 3.83. The van der Waals surface area contributed by atoms with Crippen molar-refractivity contribution in [1.29, 1.82) is 0 Å². The Morgan fingerprint density at radius 1 is 1.45 bits per heavy atom. The average Bonchev–Trinajstić information content (AvgIpc) is 3.32. The first-order valence-corrected chi connectivity index (χ1v) is 7.75. The molecule has 1 amide bonds. The van der Waals surface area contributed by atoms with Gasteiger partial charge in [0, 0.05) is 24.4 Å². The highest BCUT2D eigenvalue weighted by Gasteiger charge is 2.31. The molecule has 2 aromatic rings. The highest BCUT2D eigenvalue weighted by Crippen LogP contribution is 2.40. The Hall–Kier alpha value is -2.37. The van der Waals surface area contributed by atoms with E-state index in [1.54, 1.807) is 11.1 Å². The number of pyridine rings is 1. The molecule has 1 fully saturated rings. The number of fused-ring (bicyclic) bond motifs is 1. The molecule has 0 saturated heterocycles. The van der Waals surface area contributed by atoms with Gasteiger partial charge in [-0.25, -0.2) is 4.98 Å². The van der Waals surface area contributed by atoms with Crippen molar-refractivity contribution in [3.8, 4) is 5.88 Å². The molecule has 0 aromatic carbocycles. The summed E-state index contributed by atoms with van der Waals surface area (Å²) in [5, 5.41) is 4.50. The lowest BCUT2D eigenvalue weighted by Gasteiger charge is -2.27. The van der Waals surface area contributed by atoms with Crippen LogP contribution in [0.1, 0.15) is 41.9 Å². The highest BCUT2D eigenvalue weighted by molar-refractivity contribution is 6.05. The Bertz CT molecular complexity index is 721. The van der Waals surface area contributed by atoms with Crippen molar-refractivity contribution >= 4 is 11.6 Å². The van der Waals surface area contributed by atoms with E-state index in [9.17, 15) is 4.79 Å². The summed E-state index contributed by atoms with van der Waals surface area (Å²) < 4.78 is 7.46. The fraction of sp³-hybridized carbons (Fsp3) is 0.438. The molecule has 0 atom stereocenters. The number of carbonyl (C=O) groups is 1. The van der Waals surface area contributed by atoms with E-state index in [0.717, 1.165) is 12.2 Å². The van der Waals surface area contributed by atoms with Gasteiger partial charge in [0.05, 0.1) is 6.54 Å². The SMILES string of the molecule is CCn1nc(C(=O)N2CCOc3ncccc32)cc1C1CC1. The summed E-state index contributed by atoms with van der Waals surface area (Å²) in [6, 6.07) is 5.63. The van der Waals surface area contributed by atoms with Gasteiger partial charge in [0.15, 0.2) is 5.69 Å². The molecule has 2 aliphatic rings. The molecule has 0 unspecified atom stereocenters. The highest BCUT2D eigenvalue weighted by atomic mass is 16.5. The minimum Gasteiger partial charge on any atom is -0.474 e. The molecule has 114 valence electrons. The molecule has 4 rings (SSSR count). The van der Waals surface area contributed by atoms with E-state index in [4.69, 9.17) is 4.74 Å². The van der Waals surface area contributed by atoms with Crippen LogP contribution in [0.25, 0.3) is 0 Å². The number of ether oxygens (including phenoxy) is 1. The molecule has 3 heterocycles. The second kappa shape index (κ2) is 5.12. The van der Waals surface area contributed by atoms with E-state index in [2.05, 4.69) is 17.0 Å². The number of rotatable bonds is 3. The second-order valence-electron chi connectivity index (χ2n) is 5.68. The van der Waals surface area contributed by atoms with E-state index in [-0.39, 0.29) is 5.91 Å². The Kier molecular flexibility index (Phi) is 3.10. The summed E-state index contributed by atoms with van der Waals surface area (Å²) in [5.41, 5.74) is 2.42. The molecule has 0 bridgehead atoms. The van der Waals surface area contributed by atoms with Crippen molar-refractivity contribution in [2.45, 2.75) is 32.2 Å². The molecular formula is C16H18N4O2. The third-order valence-electron chi connectivity index (χ3n) is 4.17. The quantitative estimate of drug-likeness (QED) is 0.871. The molecule has 0 spiro atoms. The van der Waals surface area contributed by atoms with Gasteiger partial charge in [-0.1, -0.05) is 0 Å². The summed E-state index contributed by atoms with van der Waals surface area (Å²) in [7, 11) is 0. The van der Waals surface area contributed by atoms with E-state index >= 15 is 0 Å². The number of anilines is 1. The van der Waals surface area contributed by atoms with Crippen LogP contribution in [-0.2, 0) is 6.54 Å². The van der Waals surface area contributed by atoms with Crippen LogP contribution in [0.3, 0.4) is 0 Å². The van der Waals surface area contributed by atoms with E-state index < -0.39 is 0 Å². The predicted molar refractivity (Wildman–Crippen MR) is 81.3 cm³/mol. The maximum Gasteiger partial charge on any atom is 0.279 e. The summed E-state index contributed by atoms with van der Waals surface area (Å²) in [6.07, 6.45) is 4.07. The van der Waals surface area contributed by atoms with Gasteiger partial charge < -0.3 is 4.74 Å². The molecular weight excluding hydrogens is 280 g/mol. The van der Waals surface area contributed by atoms with Crippen LogP contribution in [0.2, 0.25) is 0 Å². The van der Waals surface area contributed by atoms with Crippen molar-refractivity contribution in [2.75, 3.05) is 18.1 Å². The summed E-state index contributed by atoms with van der Waals surface area (Å²) in [4.78, 5) is 18.7. The summed E-state index contributed by atoms with van der Waals surface area (Å²) >= 11 is 0. The fourth-order valence-electron chi connectivity index (χ4n) is 2.90. The number of hydrogen-bond donors (Lipinski definition) is 0. The molecule has 1 saturated carbocycles. The topological polar surface area (TPSA) is 60.2 Å². The monoisotopic (exact) mass is 298 g/mol. The smallest absolute Gasteiger partial charge is 0.279 e. The van der Waals surface area contributed by atoms with Gasteiger partial charge in [0.2, 0.25) is 5.88 Å². The van der Waals surface area contributed by atoms with Gasteiger partial charge in [0.1, 0.15) is 12.3 Å². The van der Waals surface area contributed by atoms with Gasteiger partial charge >= 0.3 is 0 Å². The van der Waals surface area contributed by atoms with Crippen molar-refractivity contribution in [3.05, 3.63) is 35.8 Å². The largest absolute Gasteiger partial charge is 0.474 e. The number of hydrogen-bond acceptors (Lipinski definition) is 4. The van der Waals surface area contributed by atoms with Crippen molar-refractivity contribution < 1.29 is 9.53 Å². The summed E-state index contributed by atoms with van der Waals surface area (Å²) in [5.74, 6) is 1.01. The standard InChI is InChI=1S/C16H18N4O2/c1-2-20-14(11-5-6-11)10-12(18-20)16(21)19-8-9-22-15-13(19)4-3-7-17-15/h3-4,7,10-11H,2,5-6,8-9H2,1H3. The minimum atomic E-state index is -0.0772. The maximum absolute atomic E-state index is 12.9. The molecule has 6 nitrogen and oxygen atoms in total. The average molecular weight is 298 g/mol. The van der Waals surface area contributed by atoms with Crippen LogP contribution in [0, 0.1) is 0 Å². The molecule has 22 heavy (non-hydrogen) atoms. The van der Waals surface area contributed by atoms with E-state index in [1.807, 2.05) is 22.9 Å². The molecule has 6 heteroatoms. The first-order valence-electron chi connectivity index (χ1n) is 7.75. The van der Waals surface area contributed by atoms with Gasteiger partial charge in [-0.2, -0.15) is 5.10 Å². The van der Waals surface area contributed by atoms with Crippen LogP contribution >= 0.6 is 0 Å². The zero-order valence-electron chi connectivity index (χ0n) is 12.5. The Morgan fingerprint density at radius 2 is 2.32 bits per heavy atom. The van der Waals surface area contributed by atoms with E-state index in [0.29, 0.717) is 30.6 Å². The van der Waals surface area contributed by atoms with Crippen LogP contribution in [-0.4, -0.2) is 33.8 Å². The molecule has 2 aromatic heterocycles. The van der Waals surface area contributed by atoms with Gasteiger partial charge in [-0.15, -0.1) is 0 Å². The minimum absolute atomic E-state index is 0.0772. The third-order valence-corrected chi connectivity index (χ3v) is 4.17. The first-order chi connectivity index (χ1) is 10.8. The number of aryl methyl sites for hydroxylation is 1. The third kappa shape index (κ3) is 2.15. The van der Waals surface area contributed by atoms with Crippen LogP contribution in [0.4, 0.5) is 5.69 Å². The number of amides is 1. The number of aromatic nitrogens is 3. The van der Waals surface area contributed by atoms with Gasteiger partial charge in [-0.05, 0) is 38.0 Å².